The van der Waals surface area contributed by atoms with Crippen LogP contribution in [0, 0.1) is 40.9 Å². The van der Waals surface area contributed by atoms with Crippen molar-refractivity contribution in [2.24, 2.45) is 40.9 Å². The predicted molar refractivity (Wildman–Crippen MR) is 136 cm³/mol. The fourth-order valence-corrected chi connectivity index (χ4v) is 9.22. The van der Waals surface area contributed by atoms with Crippen molar-refractivity contribution in [3.63, 3.8) is 0 Å². The number of carboxylic acid groups (broad SMARTS) is 1. The lowest BCUT2D eigenvalue weighted by Gasteiger charge is -2.55. The first-order chi connectivity index (χ1) is 17.1. The van der Waals surface area contributed by atoms with Crippen LogP contribution in [0.3, 0.4) is 0 Å². The molecular formula is C29H43ClO6. The summed E-state index contributed by atoms with van der Waals surface area (Å²) in [4.78, 5) is 23.7. The third-order valence-corrected chi connectivity index (χ3v) is 11.1. The van der Waals surface area contributed by atoms with Gasteiger partial charge in [-0.2, -0.15) is 0 Å². The molecule has 1 spiro atoms. The molecule has 0 aromatic rings. The first-order valence-corrected chi connectivity index (χ1v) is 14.6. The minimum atomic E-state index is -0.728. The number of alkyl halides is 1. The molecule has 3 aliphatic carbocycles. The van der Waals surface area contributed by atoms with Gasteiger partial charge in [0, 0.05) is 37.5 Å². The predicted octanol–water partition coefficient (Wildman–Crippen LogP) is 5.96. The van der Waals surface area contributed by atoms with Gasteiger partial charge in [-0.1, -0.05) is 26.3 Å². The smallest absolute Gasteiger partial charge is 0.303 e. The Morgan fingerprint density at radius 3 is 2.58 bits per heavy atom. The van der Waals surface area contributed by atoms with Gasteiger partial charge >= 0.3 is 11.9 Å². The number of carbonyl (C=O) groups excluding carboxylic acids is 1. The first kappa shape index (κ1) is 26.5. The zero-order chi connectivity index (χ0) is 25.8. The summed E-state index contributed by atoms with van der Waals surface area (Å²) in [5, 5.41) is 9.96. The molecule has 0 aromatic heterocycles. The number of hydrogen-bond donors (Lipinski definition) is 1. The molecular weight excluding hydrogens is 480 g/mol. The van der Waals surface area contributed by atoms with E-state index in [9.17, 15) is 14.7 Å². The Bertz CT molecular complexity index is 907. The molecule has 0 radical (unpaired) electrons. The van der Waals surface area contributed by atoms with E-state index in [1.165, 1.54) is 18.1 Å². The Labute approximate surface area is 220 Å². The molecule has 0 amide bonds. The van der Waals surface area contributed by atoms with Crippen LogP contribution < -0.4 is 0 Å². The molecule has 36 heavy (non-hydrogen) atoms. The lowest BCUT2D eigenvalue weighted by Crippen LogP contribution is -2.49. The maximum atomic E-state index is 12.1. The van der Waals surface area contributed by atoms with Crippen LogP contribution in [-0.4, -0.2) is 47.5 Å². The summed E-state index contributed by atoms with van der Waals surface area (Å²) in [7, 11) is 0. The fraction of sp³-hybridized carbons (Fsp3) is 0.862. The molecule has 7 heteroatoms. The van der Waals surface area contributed by atoms with Crippen molar-refractivity contribution >= 4 is 23.5 Å². The SMILES string of the molecule is CC(=O)O[C@H]1CC[C@@]2(C)[C@@H](CC[C@@H](C3=C(CCl)[C@@H]4[C@H](C3)O[C@]3(CC[C@@H](C)CO3)[C@H]4C)[C@@H]2CC(=O)O)C1. The molecule has 5 rings (SSSR count). The number of halogens is 1. The minimum absolute atomic E-state index is 0.0466. The van der Waals surface area contributed by atoms with E-state index in [4.69, 9.17) is 25.8 Å². The van der Waals surface area contributed by atoms with Gasteiger partial charge < -0.3 is 19.3 Å². The van der Waals surface area contributed by atoms with Crippen LogP contribution >= 0.6 is 11.6 Å². The zero-order valence-corrected chi connectivity index (χ0v) is 23.0. The zero-order valence-electron chi connectivity index (χ0n) is 22.3. The second kappa shape index (κ2) is 9.89. The molecule has 0 aromatic carbocycles. The number of esters is 1. The molecule has 0 unspecified atom stereocenters. The maximum absolute atomic E-state index is 12.1. The van der Waals surface area contributed by atoms with Crippen LogP contribution in [0.15, 0.2) is 11.1 Å². The Hall–Kier alpha value is -1.11. The lowest BCUT2D eigenvalue weighted by atomic mass is 9.50. The highest BCUT2D eigenvalue weighted by Gasteiger charge is 2.60. The van der Waals surface area contributed by atoms with Crippen molar-refractivity contribution in [1.82, 2.24) is 0 Å². The molecule has 4 fully saturated rings. The molecule has 2 saturated heterocycles. The summed E-state index contributed by atoms with van der Waals surface area (Å²) >= 11 is 6.68. The van der Waals surface area contributed by atoms with Gasteiger partial charge in [-0.15, -0.1) is 11.6 Å². The Morgan fingerprint density at radius 2 is 1.94 bits per heavy atom. The van der Waals surface area contributed by atoms with Crippen LogP contribution in [0.5, 0.6) is 0 Å². The van der Waals surface area contributed by atoms with Crippen molar-refractivity contribution in [3.05, 3.63) is 11.1 Å². The summed E-state index contributed by atoms with van der Waals surface area (Å²) in [6.07, 6.45) is 7.63. The van der Waals surface area contributed by atoms with E-state index >= 15 is 0 Å². The number of aliphatic carboxylic acids is 1. The van der Waals surface area contributed by atoms with Gasteiger partial charge in [-0.25, -0.2) is 0 Å². The molecule has 1 N–H and O–H groups in total. The van der Waals surface area contributed by atoms with E-state index in [1.54, 1.807) is 0 Å². The lowest BCUT2D eigenvalue weighted by molar-refractivity contribution is -0.269. The number of hydrogen-bond acceptors (Lipinski definition) is 5. The van der Waals surface area contributed by atoms with Gasteiger partial charge in [0.2, 0.25) is 0 Å². The van der Waals surface area contributed by atoms with Crippen LogP contribution in [0.2, 0.25) is 0 Å². The summed E-state index contributed by atoms with van der Waals surface area (Å²) in [6, 6.07) is 0. The minimum Gasteiger partial charge on any atom is -0.481 e. The summed E-state index contributed by atoms with van der Waals surface area (Å²) in [6.45, 7) is 9.01. The highest BCUT2D eigenvalue weighted by molar-refractivity contribution is 6.19. The highest BCUT2D eigenvalue weighted by Crippen LogP contribution is 2.62. The van der Waals surface area contributed by atoms with E-state index < -0.39 is 11.8 Å². The normalized spacial score (nSPS) is 46.5. The molecule has 202 valence electrons. The van der Waals surface area contributed by atoms with Gasteiger partial charge in [0.25, 0.3) is 0 Å². The largest absolute Gasteiger partial charge is 0.481 e. The third-order valence-electron chi connectivity index (χ3n) is 10.8. The van der Waals surface area contributed by atoms with Crippen molar-refractivity contribution in [2.45, 2.75) is 103 Å². The van der Waals surface area contributed by atoms with E-state index in [2.05, 4.69) is 20.8 Å². The number of rotatable bonds is 5. The van der Waals surface area contributed by atoms with Crippen molar-refractivity contribution in [3.8, 4) is 0 Å². The topological polar surface area (TPSA) is 82.1 Å². The average Bonchev–Trinajstić information content (AvgIpc) is 3.30. The average molecular weight is 523 g/mol. The standard InChI is InChI=1S/C29H43ClO6/c1-16-7-10-29(34-15-16)17(2)27-23(14-30)22(12-25(27)36-29)21-6-5-19-11-20(35-18(3)31)8-9-28(19,4)24(21)13-26(32)33/h16-17,19-21,24-25,27H,5-15H2,1-4H3,(H,32,33)/t16-,17+,19+,20+,21+,24+,25+,27-,28+,29-/m1/s1. The van der Waals surface area contributed by atoms with Crippen molar-refractivity contribution < 1.29 is 28.9 Å². The molecule has 2 heterocycles. The van der Waals surface area contributed by atoms with Gasteiger partial charge in [0.15, 0.2) is 5.79 Å². The van der Waals surface area contributed by atoms with E-state index in [-0.39, 0.29) is 53.7 Å². The molecule has 5 aliphatic rings. The first-order valence-electron chi connectivity index (χ1n) is 14.1. The van der Waals surface area contributed by atoms with Gasteiger partial charge in [0.05, 0.1) is 12.7 Å². The highest BCUT2D eigenvalue weighted by atomic mass is 35.5. The van der Waals surface area contributed by atoms with Crippen LogP contribution in [-0.2, 0) is 23.8 Å². The second-order valence-electron chi connectivity index (χ2n) is 12.7. The van der Waals surface area contributed by atoms with Gasteiger partial charge in [0.1, 0.15) is 6.10 Å². The van der Waals surface area contributed by atoms with E-state index in [0.29, 0.717) is 17.7 Å². The van der Waals surface area contributed by atoms with E-state index in [0.717, 1.165) is 58.0 Å². The van der Waals surface area contributed by atoms with Gasteiger partial charge in [-0.3, -0.25) is 9.59 Å². The monoisotopic (exact) mass is 522 g/mol. The number of carbonyl (C=O) groups is 2. The summed E-state index contributed by atoms with van der Waals surface area (Å²) in [5.41, 5.74) is 2.58. The summed E-state index contributed by atoms with van der Waals surface area (Å²) in [5.74, 6) is 0.715. The fourth-order valence-electron chi connectivity index (χ4n) is 8.87. The quantitative estimate of drug-likeness (QED) is 0.272. The molecule has 6 nitrogen and oxygen atoms in total. The second-order valence-corrected chi connectivity index (χ2v) is 13.0. The number of fused-ring (bicyclic) bond motifs is 2. The molecule has 0 bridgehead atoms. The van der Waals surface area contributed by atoms with Crippen molar-refractivity contribution in [1.29, 1.82) is 0 Å². The molecule has 2 saturated carbocycles. The maximum Gasteiger partial charge on any atom is 0.303 e. The van der Waals surface area contributed by atoms with Crippen LogP contribution in [0.1, 0.15) is 85.5 Å². The Morgan fingerprint density at radius 1 is 1.17 bits per heavy atom. The van der Waals surface area contributed by atoms with Crippen LogP contribution in [0.25, 0.3) is 0 Å². The van der Waals surface area contributed by atoms with Crippen molar-refractivity contribution in [2.75, 3.05) is 12.5 Å². The van der Waals surface area contributed by atoms with E-state index in [1.807, 2.05) is 0 Å². The molecule has 10 atom stereocenters. The van der Waals surface area contributed by atoms with Crippen LogP contribution in [0.4, 0.5) is 0 Å². The number of ether oxygens (including phenoxy) is 3. The van der Waals surface area contributed by atoms with Gasteiger partial charge in [-0.05, 0) is 79.6 Å². The Kier molecular flexibility index (Phi) is 7.28. The third kappa shape index (κ3) is 4.43. The summed E-state index contributed by atoms with van der Waals surface area (Å²) < 4.78 is 18.7. The Balaban J connectivity index is 1.42. The number of carboxylic acids is 1. The molecule has 2 aliphatic heterocycles.